The fourth-order valence-corrected chi connectivity index (χ4v) is 4.08. The molecule has 0 atom stereocenters. The van der Waals surface area contributed by atoms with Crippen LogP contribution in [0.4, 0.5) is 4.79 Å². The lowest BCUT2D eigenvalue weighted by Crippen LogP contribution is -2.28. The van der Waals surface area contributed by atoms with Crippen LogP contribution in [-0.2, 0) is 4.74 Å². The van der Waals surface area contributed by atoms with Crippen molar-refractivity contribution in [3.05, 3.63) is 59.0 Å². The Labute approximate surface area is 196 Å². The first-order valence-corrected chi connectivity index (χ1v) is 11.2. The number of ether oxygens (including phenoxy) is 1. The predicted octanol–water partition coefficient (Wildman–Crippen LogP) is 4.99. The van der Waals surface area contributed by atoms with Gasteiger partial charge in [-0.05, 0) is 77.3 Å². The molecule has 4 aromatic rings. The lowest BCUT2D eigenvalue weighted by molar-refractivity contribution is 0.0538. The molecule has 1 aliphatic rings. The maximum Gasteiger partial charge on any atom is 0.420 e. The van der Waals surface area contributed by atoms with Gasteiger partial charge in [0.2, 0.25) is 5.78 Å². The first-order chi connectivity index (χ1) is 16.1. The summed E-state index contributed by atoms with van der Waals surface area (Å²) in [7, 11) is 0. The number of aryl methyl sites for hydroxylation is 2. The average Bonchev–Trinajstić information content (AvgIpc) is 3.48. The monoisotopic (exact) mass is 459 g/mol. The van der Waals surface area contributed by atoms with Crippen LogP contribution in [0, 0.1) is 13.8 Å². The fraction of sp³-hybridized carbons (Fsp3) is 0.360. The topological polar surface area (TPSA) is 113 Å². The maximum atomic E-state index is 13.5. The Kier molecular flexibility index (Phi) is 5.07. The molecule has 0 aliphatic heterocycles. The highest BCUT2D eigenvalue weighted by atomic mass is 16.6. The van der Waals surface area contributed by atoms with Crippen molar-refractivity contribution in [3.63, 3.8) is 0 Å². The van der Waals surface area contributed by atoms with Crippen molar-refractivity contribution in [2.75, 3.05) is 0 Å². The van der Waals surface area contributed by atoms with E-state index in [1.807, 2.05) is 40.7 Å². The number of hydrogen-bond acceptors (Lipinski definition) is 8. The molecule has 0 radical (unpaired) electrons. The Balaban J connectivity index is 1.81. The number of aromatic nitrogens is 5. The van der Waals surface area contributed by atoms with Gasteiger partial charge in [0.1, 0.15) is 28.4 Å². The largest absolute Gasteiger partial charge is 0.443 e. The van der Waals surface area contributed by atoms with Crippen molar-refractivity contribution in [2.45, 2.75) is 59.0 Å². The molecule has 174 valence electrons. The van der Waals surface area contributed by atoms with E-state index in [4.69, 9.17) is 14.2 Å². The van der Waals surface area contributed by atoms with Crippen molar-refractivity contribution < 1.29 is 18.8 Å². The van der Waals surface area contributed by atoms with Crippen LogP contribution in [0.1, 0.15) is 72.9 Å². The van der Waals surface area contributed by atoms with Crippen LogP contribution >= 0.6 is 0 Å². The number of ketones is 1. The van der Waals surface area contributed by atoms with Gasteiger partial charge in [0.25, 0.3) is 0 Å². The zero-order chi connectivity index (χ0) is 24.2. The third-order valence-electron chi connectivity index (χ3n) is 5.68. The third kappa shape index (κ3) is 3.87. The minimum Gasteiger partial charge on any atom is -0.443 e. The molecule has 0 saturated heterocycles. The second-order valence-electron chi connectivity index (χ2n) is 9.59. The second-order valence-corrected chi connectivity index (χ2v) is 9.59. The van der Waals surface area contributed by atoms with Gasteiger partial charge < -0.3 is 9.26 Å². The summed E-state index contributed by atoms with van der Waals surface area (Å²) < 4.78 is 12.6. The highest BCUT2D eigenvalue weighted by Gasteiger charge is 2.35. The number of carbonyl (C=O) groups is 2. The molecule has 9 heteroatoms. The molecule has 0 bridgehead atoms. The van der Waals surface area contributed by atoms with Crippen LogP contribution in [0.25, 0.3) is 22.2 Å². The van der Waals surface area contributed by atoms with E-state index in [2.05, 4.69) is 15.4 Å². The van der Waals surface area contributed by atoms with Crippen LogP contribution in [0.15, 0.2) is 35.0 Å². The van der Waals surface area contributed by atoms with E-state index >= 15 is 0 Å². The van der Waals surface area contributed by atoms with E-state index in [0.29, 0.717) is 39.4 Å². The molecule has 1 fully saturated rings. The summed E-state index contributed by atoms with van der Waals surface area (Å²) in [6, 6.07) is 6.87. The number of imidazole rings is 1. The molecule has 9 nitrogen and oxygen atoms in total. The molecule has 5 rings (SSSR count). The van der Waals surface area contributed by atoms with E-state index in [1.165, 1.54) is 10.8 Å². The van der Waals surface area contributed by atoms with Crippen LogP contribution < -0.4 is 0 Å². The lowest BCUT2D eigenvalue weighted by atomic mass is 9.97. The molecule has 0 amide bonds. The molecule has 1 saturated carbocycles. The van der Waals surface area contributed by atoms with Gasteiger partial charge in [0.05, 0.1) is 16.8 Å². The standard InChI is InChI=1S/C25H25N5O4/c1-13-20(14(2)34-29-13)16-11-17(22(31)18-7-6-10-26-28-18)21-19(12-16)30(23(27-21)15-8-9-15)24(32)33-25(3,4)5/h6-7,10-12,15H,8-9H2,1-5H3. The first-order valence-electron chi connectivity index (χ1n) is 11.2. The number of hydrogen-bond donors (Lipinski definition) is 0. The molecular formula is C25H25N5O4. The van der Waals surface area contributed by atoms with Gasteiger partial charge in [0.15, 0.2) is 0 Å². The maximum absolute atomic E-state index is 13.5. The number of benzene rings is 1. The van der Waals surface area contributed by atoms with E-state index < -0.39 is 11.7 Å². The van der Waals surface area contributed by atoms with E-state index in [-0.39, 0.29) is 17.4 Å². The minimum atomic E-state index is -0.688. The molecule has 1 aromatic carbocycles. The first kappa shape index (κ1) is 21.9. The van der Waals surface area contributed by atoms with Gasteiger partial charge in [-0.15, -0.1) is 5.10 Å². The summed E-state index contributed by atoms with van der Waals surface area (Å²) >= 11 is 0. The highest BCUT2D eigenvalue weighted by Crippen LogP contribution is 2.42. The Hall–Kier alpha value is -3.88. The second kappa shape index (κ2) is 7.86. The minimum absolute atomic E-state index is 0.141. The van der Waals surface area contributed by atoms with E-state index in [0.717, 1.165) is 18.4 Å². The third-order valence-corrected chi connectivity index (χ3v) is 5.68. The Morgan fingerprint density at radius 3 is 2.53 bits per heavy atom. The van der Waals surface area contributed by atoms with Crippen LogP contribution in [0.3, 0.4) is 0 Å². The Morgan fingerprint density at radius 1 is 1.18 bits per heavy atom. The summed E-state index contributed by atoms with van der Waals surface area (Å²) in [5.41, 5.74) is 2.91. The van der Waals surface area contributed by atoms with Crippen molar-refractivity contribution in [1.29, 1.82) is 0 Å². The number of rotatable bonds is 4. The van der Waals surface area contributed by atoms with Crippen LogP contribution in [0.2, 0.25) is 0 Å². The summed E-state index contributed by atoms with van der Waals surface area (Å²) in [6.45, 7) is 9.10. The number of carbonyl (C=O) groups excluding carboxylic acids is 2. The lowest BCUT2D eigenvalue weighted by Gasteiger charge is -2.20. The van der Waals surface area contributed by atoms with Crippen molar-refractivity contribution in [1.82, 2.24) is 24.9 Å². The van der Waals surface area contributed by atoms with Gasteiger partial charge in [-0.1, -0.05) is 5.16 Å². The number of nitrogens with zero attached hydrogens (tertiary/aromatic N) is 5. The van der Waals surface area contributed by atoms with E-state index in [9.17, 15) is 9.59 Å². The summed E-state index contributed by atoms with van der Waals surface area (Å²) in [4.78, 5) is 31.7. The molecule has 0 N–H and O–H groups in total. The molecule has 1 aliphatic carbocycles. The summed E-state index contributed by atoms with van der Waals surface area (Å²) in [5, 5.41) is 11.9. The zero-order valence-electron chi connectivity index (χ0n) is 19.7. The van der Waals surface area contributed by atoms with Gasteiger partial charge in [-0.3, -0.25) is 4.79 Å². The van der Waals surface area contributed by atoms with Gasteiger partial charge >= 0.3 is 6.09 Å². The van der Waals surface area contributed by atoms with Crippen molar-refractivity contribution >= 4 is 22.9 Å². The molecular weight excluding hydrogens is 434 g/mol. The summed E-state index contributed by atoms with van der Waals surface area (Å²) in [6.07, 6.45) is 2.84. The van der Waals surface area contributed by atoms with Gasteiger partial charge in [-0.25, -0.2) is 14.3 Å². The highest BCUT2D eigenvalue weighted by molar-refractivity contribution is 6.16. The smallest absolute Gasteiger partial charge is 0.420 e. The van der Waals surface area contributed by atoms with Crippen LogP contribution in [-0.4, -0.2) is 42.4 Å². The summed E-state index contributed by atoms with van der Waals surface area (Å²) in [5.74, 6) is 1.03. The van der Waals surface area contributed by atoms with Gasteiger partial charge in [0, 0.05) is 17.7 Å². The Morgan fingerprint density at radius 2 is 1.94 bits per heavy atom. The molecule has 3 aromatic heterocycles. The van der Waals surface area contributed by atoms with Gasteiger partial charge in [-0.2, -0.15) is 5.10 Å². The quantitative estimate of drug-likeness (QED) is 0.392. The zero-order valence-corrected chi connectivity index (χ0v) is 19.7. The van der Waals surface area contributed by atoms with Crippen LogP contribution in [0.5, 0.6) is 0 Å². The fourth-order valence-electron chi connectivity index (χ4n) is 4.08. The van der Waals surface area contributed by atoms with Crippen molar-refractivity contribution in [3.8, 4) is 11.1 Å². The van der Waals surface area contributed by atoms with E-state index in [1.54, 1.807) is 18.2 Å². The molecule has 3 heterocycles. The normalized spacial score (nSPS) is 13.9. The molecule has 0 spiro atoms. The SMILES string of the molecule is Cc1noc(C)c1-c1cc(C(=O)c2cccnn2)c2nc(C3CC3)n(C(=O)OC(C)(C)C)c2c1. The average molecular weight is 460 g/mol. The predicted molar refractivity (Wildman–Crippen MR) is 124 cm³/mol. The molecule has 0 unspecified atom stereocenters. The van der Waals surface area contributed by atoms with Crippen molar-refractivity contribution in [2.24, 2.45) is 0 Å². The number of fused-ring (bicyclic) bond motifs is 1. The Bertz CT molecular complexity index is 1410. The molecule has 34 heavy (non-hydrogen) atoms.